The minimum atomic E-state index is -0.634. The number of piperidine rings is 1. The summed E-state index contributed by atoms with van der Waals surface area (Å²) in [7, 11) is 1.30. The van der Waals surface area contributed by atoms with Crippen LogP contribution in [0.4, 0.5) is 4.79 Å². The highest BCUT2D eigenvalue weighted by atomic mass is 16.6. The van der Waals surface area contributed by atoms with Gasteiger partial charge in [0, 0.05) is 0 Å². The van der Waals surface area contributed by atoms with Crippen molar-refractivity contribution < 1.29 is 24.2 Å². The van der Waals surface area contributed by atoms with E-state index < -0.39 is 29.8 Å². The molecule has 19 heavy (non-hydrogen) atoms. The Kier molecular flexibility index (Phi) is 3.47. The normalized spacial score (nSPS) is 33.4. The molecule has 1 N–H and O–H groups in total. The topological polar surface area (TPSA) is 76.1 Å². The molecule has 2 fully saturated rings. The Morgan fingerprint density at radius 1 is 1.26 bits per heavy atom. The number of amides is 1. The Labute approximate surface area is 112 Å². The van der Waals surface area contributed by atoms with Crippen molar-refractivity contribution in [3.8, 4) is 0 Å². The van der Waals surface area contributed by atoms with Gasteiger partial charge in [0.2, 0.25) is 0 Å². The first-order chi connectivity index (χ1) is 8.74. The molecule has 1 saturated heterocycles. The van der Waals surface area contributed by atoms with Gasteiger partial charge in [-0.3, -0.25) is 4.90 Å². The number of rotatable bonds is 1. The monoisotopic (exact) mass is 271 g/mol. The van der Waals surface area contributed by atoms with Gasteiger partial charge in [0.05, 0.1) is 19.3 Å². The molecule has 6 heteroatoms. The van der Waals surface area contributed by atoms with E-state index in [0.29, 0.717) is 12.8 Å². The smallest absolute Gasteiger partial charge is 0.411 e. The summed E-state index contributed by atoms with van der Waals surface area (Å²) in [4.78, 5) is 25.4. The molecule has 4 atom stereocenters. The average Bonchev–Trinajstić information content (AvgIpc) is 2.81. The van der Waals surface area contributed by atoms with Crippen LogP contribution in [0.3, 0.4) is 0 Å². The molecule has 108 valence electrons. The lowest BCUT2D eigenvalue weighted by Gasteiger charge is -2.36. The van der Waals surface area contributed by atoms with Crippen molar-refractivity contribution in [3.63, 3.8) is 0 Å². The third kappa shape index (κ3) is 2.54. The quantitative estimate of drug-likeness (QED) is 0.718. The second kappa shape index (κ2) is 4.67. The first-order valence-corrected chi connectivity index (χ1v) is 6.52. The number of aliphatic hydroxyl groups excluding tert-OH is 1. The molecule has 1 aliphatic carbocycles. The van der Waals surface area contributed by atoms with Crippen LogP contribution in [0.15, 0.2) is 0 Å². The number of hydrogen-bond acceptors (Lipinski definition) is 5. The maximum absolute atomic E-state index is 12.2. The molecule has 0 unspecified atom stereocenters. The summed E-state index contributed by atoms with van der Waals surface area (Å²) >= 11 is 0. The van der Waals surface area contributed by atoms with E-state index in [2.05, 4.69) is 0 Å². The van der Waals surface area contributed by atoms with Gasteiger partial charge in [0.25, 0.3) is 0 Å². The minimum Gasteiger partial charge on any atom is -0.467 e. The number of fused-ring (bicyclic) bond motifs is 2. The molecule has 1 amide bonds. The zero-order valence-corrected chi connectivity index (χ0v) is 11.8. The number of nitrogens with zero attached hydrogens (tertiary/aromatic N) is 1. The number of esters is 1. The van der Waals surface area contributed by atoms with Crippen molar-refractivity contribution in [2.24, 2.45) is 5.92 Å². The van der Waals surface area contributed by atoms with Gasteiger partial charge in [-0.2, -0.15) is 0 Å². The molecule has 0 aromatic heterocycles. The van der Waals surface area contributed by atoms with Crippen molar-refractivity contribution in [1.29, 1.82) is 0 Å². The van der Waals surface area contributed by atoms with Crippen LogP contribution in [-0.4, -0.2) is 53.0 Å². The molecule has 1 heterocycles. The lowest BCUT2D eigenvalue weighted by Crippen LogP contribution is -2.55. The van der Waals surface area contributed by atoms with Crippen LogP contribution in [0, 0.1) is 5.92 Å². The molecular formula is C13H21NO5. The molecule has 0 aromatic rings. The van der Waals surface area contributed by atoms with Gasteiger partial charge in [-0.1, -0.05) is 0 Å². The van der Waals surface area contributed by atoms with Crippen LogP contribution in [0.1, 0.15) is 33.6 Å². The summed E-state index contributed by atoms with van der Waals surface area (Å²) in [6, 6.07) is -0.975. The summed E-state index contributed by atoms with van der Waals surface area (Å²) in [5.41, 5.74) is -0.634. The van der Waals surface area contributed by atoms with E-state index in [1.54, 1.807) is 20.8 Å². The van der Waals surface area contributed by atoms with E-state index in [-0.39, 0.29) is 12.0 Å². The number of hydrogen-bond donors (Lipinski definition) is 1. The summed E-state index contributed by atoms with van der Waals surface area (Å²) < 4.78 is 10.1. The predicted molar refractivity (Wildman–Crippen MR) is 66.4 cm³/mol. The summed E-state index contributed by atoms with van der Waals surface area (Å²) in [6.07, 6.45) is 0.0109. The second-order valence-corrected chi connectivity index (χ2v) is 6.22. The lowest BCUT2D eigenvalue weighted by atomic mass is 9.98. The third-order valence-electron chi connectivity index (χ3n) is 3.68. The van der Waals surface area contributed by atoms with Crippen molar-refractivity contribution in [2.45, 2.75) is 57.4 Å². The first-order valence-electron chi connectivity index (χ1n) is 6.52. The van der Waals surface area contributed by atoms with E-state index >= 15 is 0 Å². The Morgan fingerprint density at radius 3 is 2.42 bits per heavy atom. The number of aliphatic hydroxyl groups is 1. The zero-order valence-electron chi connectivity index (χ0n) is 11.8. The highest BCUT2D eigenvalue weighted by Gasteiger charge is 2.56. The maximum Gasteiger partial charge on any atom is 0.411 e. The third-order valence-corrected chi connectivity index (χ3v) is 3.68. The van der Waals surface area contributed by atoms with E-state index in [9.17, 15) is 14.7 Å². The van der Waals surface area contributed by atoms with Gasteiger partial charge in [-0.15, -0.1) is 0 Å². The van der Waals surface area contributed by atoms with Crippen LogP contribution in [0.5, 0.6) is 0 Å². The molecule has 2 rings (SSSR count). The Balaban J connectivity index is 2.20. The van der Waals surface area contributed by atoms with Gasteiger partial charge < -0.3 is 14.6 Å². The van der Waals surface area contributed by atoms with Crippen LogP contribution in [-0.2, 0) is 14.3 Å². The van der Waals surface area contributed by atoms with Crippen LogP contribution in [0.2, 0.25) is 0 Å². The van der Waals surface area contributed by atoms with Crippen molar-refractivity contribution >= 4 is 12.1 Å². The van der Waals surface area contributed by atoms with Crippen molar-refractivity contribution in [2.75, 3.05) is 7.11 Å². The number of likely N-dealkylation sites (tertiary alicyclic amines) is 1. The molecule has 2 bridgehead atoms. The average molecular weight is 271 g/mol. The molecule has 0 aromatic carbocycles. The van der Waals surface area contributed by atoms with Crippen LogP contribution < -0.4 is 0 Å². The first kappa shape index (κ1) is 14.1. The summed E-state index contributed by atoms with van der Waals surface area (Å²) in [6.45, 7) is 5.30. The standard InChI is InChI=1S/C13H21NO5/c1-13(2,3)19-12(17)14-8-5-7(6-9(8)15)10(14)11(16)18-4/h7-10,15H,5-6H2,1-4H3/t7-,8+,9+,10+/m0/s1. The fourth-order valence-electron chi connectivity index (χ4n) is 3.01. The molecule has 1 saturated carbocycles. The highest BCUT2D eigenvalue weighted by Crippen LogP contribution is 2.43. The predicted octanol–water partition coefficient (Wildman–Crippen LogP) is 0.918. The van der Waals surface area contributed by atoms with E-state index in [4.69, 9.17) is 9.47 Å². The number of ether oxygens (including phenoxy) is 2. The number of carbonyl (C=O) groups excluding carboxylic acids is 2. The molecule has 1 aliphatic heterocycles. The van der Waals surface area contributed by atoms with Gasteiger partial charge in [0.1, 0.15) is 11.6 Å². The van der Waals surface area contributed by atoms with Gasteiger partial charge >= 0.3 is 12.1 Å². The Morgan fingerprint density at radius 2 is 1.89 bits per heavy atom. The molecule has 0 spiro atoms. The minimum absolute atomic E-state index is 0.0417. The maximum atomic E-state index is 12.2. The molecule has 2 aliphatic rings. The number of methoxy groups -OCH3 is 1. The largest absolute Gasteiger partial charge is 0.467 e. The fraction of sp³-hybridized carbons (Fsp3) is 0.846. The van der Waals surface area contributed by atoms with E-state index in [0.717, 1.165) is 0 Å². The Hall–Kier alpha value is -1.30. The van der Waals surface area contributed by atoms with Gasteiger partial charge in [-0.05, 0) is 39.5 Å². The summed E-state index contributed by atoms with van der Waals surface area (Å²) in [5, 5.41) is 9.91. The van der Waals surface area contributed by atoms with E-state index in [1.807, 2.05) is 0 Å². The number of carbonyl (C=O) groups is 2. The molecular weight excluding hydrogens is 250 g/mol. The lowest BCUT2D eigenvalue weighted by molar-refractivity contribution is -0.149. The van der Waals surface area contributed by atoms with Crippen LogP contribution >= 0.6 is 0 Å². The molecule has 6 nitrogen and oxygen atoms in total. The Bertz CT molecular complexity index is 389. The van der Waals surface area contributed by atoms with Gasteiger partial charge in [-0.25, -0.2) is 9.59 Å². The fourth-order valence-corrected chi connectivity index (χ4v) is 3.01. The highest BCUT2D eigenvalue weighted by molar-refractivity contribution is 5.83. The van der Waals surface area contributed by atoms with Gasteiger partial charge in [0.15, 0.2) is 0 Å². The van der Waals surface area contributed by atoms with Crippen molar-refractivity contribution in [1.82, 2.24) is 4.90 Å². The van der Waals surface area contributed by atoms with Crippen molar-refractivity contribution in [3.05, 3.63) is 0 Å². The summed E-state index contributed by atoms with van der Waals surface area (Å²) in [5.74, 6) is -0.481. The second-order valence-electron chi connectivity index (χ2n) is 6.22. The van der Waals surface area contributed by atoms with E-state index in [1.165, 1.54) is 12.0 Å². The van der Waals surface area contributed by atoms with Crippen LogP contribution in [0.25, 0.3) is 0 Å². The zero-order chi connectivity index (χ0) is 14.4. The molecule has 0 radical (unpaired) electrons. The SMILES string of the molecule is COC(=O)[C@H]1[C@@H]2C[C@@H](O)[C@@H](C2)N1C(=O)OC(C)(C)C.